The highest BCUT2D eigenvalue weighted by molar-refractivity contribution is 6.11. The fourth-order valence-corrected chi connectivity index (χ4v) is 4.88. The summed E-state index contributed by atoms with van der Waals surface area (Å²) >= 11 is 0. The Balaban J connectivity index is 1.90. The number of piperidine rings is 1. The first-order chi connectivity index (χ1) is 17.0. The smallest absolute Gasteiger partial charge is 0.327 e. The highest BCUT2D eigenvalue weighted by atomic mass is 19.4. The number of benzene rings is 1. The van der Waals surface area contributed by atoms with Crippen molar-refractivity contribution < 1.29 is 27.2 Å². The number of amides is 1. The highest BCUT2D eigenvalue weighted by Gasteiger charge is 2.36. The number of carbonyl (C=O) groups is 2. The molecule has 2 aromatic heterocycles. The van der Waals surface area contributed by atoms with Gasteiger partial charge in [0.25, 0.3) is 5.91 Å². The van der Waals surface area contributed by atoms with E-state index < -0.39 is 30.5 Å². The lowest BCUT2D eigenvalue weighted by Crippen LogP contribution is -2.43. The number of aromatic nitrogens is 2. The molecule has 1 saturated heterocycles. The molecule has 0 saturated carbocycles. The van der Waals surface area contributed by atoms with Crippen molar-refractivity contribution >= 4 is 22.6 Å². The number of halogens is 4. The van der Waals surface area contributed by atoms with Gasteiger partial charge in [0.05, 0.1) is 23.0 Å². The molecule has 4 rings (SSSR count). The van der Waals surface area contributed by atoms with Crippen LogP contribution in [-0.4, -0.2) is 58.0 Å². The van der Waals surface area contributed by atoms with Crippen molar-refractivity contribution in [3.05, 3.63) is 59.3 Å². The molecule has 0 atom stereocenters. The predicted molar refractivity (Wildman–Crippen MR) is 128 cm³/mol. The van der Waals surface area contributed by atoms with E-state index >= 15 is 0 Å². The summed E-state index contributed by atoms with van der Waals surface area (Å²) in [4.78, 5) is 31.8. The molecule has 36 heavy (non-hydrogen) atoms. The number of alkyl halides is 3. The number of nitrogens with zero attached hydrogens (tertiary/aromatic N) is 3. The van der Waals surface area contributed by atoms with Gasteiger partial charge in [-0.05, 0) is 71.0 Å². The Hall–Kier alpha value is -3.27. The summed E-state index contributed by atoms with van der Waals surface area (Å²) in [5.74, 6) is -1.90. The average molecular weight is 505 g/mol. The molecule has 10 heteroatoms. The maximum atomic E-state index is 14.3. The van der Waals surface area contributed by atoms with Crippen LogP contribution >= 0.6 is 0 Å². The van der Waals surface area contributed by atoms with Crippen molar-refractivity contribution in [3.63, 3.8) is 0 Å². The molecule has 1 amide bonds. The first kappa shape index (κ1) is 25.8. The van der Waals surface area contributed by atoms with Gasteiger partial charge in [-0.25, -0.2) is 4.39 Å². The summed E-state index contributed by atoms with van der Waals surface area (Å²) in [6.07, 6.45) is -0.142. The van der Waals surface area contributed by atoms with Gasteiger partial charge in [0.2, 0.25) is 0 Å². The molecule has 0 unspecified atom stereocenters. The second-order valence-electron chi connectivity index (χ2n) is 9.38. The number of hydrogen-bond donors (Lipinski definition) is 1. The van der Waals surface area contributed by atoms with Gasteiger partial charge in [0.15, 0.2) is 5.78 Å². The number of nitrogens with one attached hydrogen (secondary N) is 1. The van der Waals surface area contributed by atoms with E-state index in [2.05, 4.69) is 10.3 Å². The van der Waals surface area contributed by atoms with Crippen molar-refractivity contribution in [2.45, 2.75) is 45.8 Å². The third kappa shape index (κ3) is 5.00. The number of ketones is 1. The fourth-order valence-electron chi connectivity index (χ4n) is 4.88. The largest absolute Gasteiger partial charge is 0.406 e. The Bertz CT molecular complexity index is 1290. The summed E-state index contributed by atoms with van der Waals surface area (Å²) in [6.45, 7) is 4.66. The van der Waals surface area contributed by atoms with Crippen LogP contribution in [-0.2, 0) is 0 Å². The van der Waals surface area contributed by atoms with Gasteiger partial charge in [-0.3, -0.25) is 14.6 Å². The maximum absolute atomic E-state index is 14.3. The molecule has 0 spiro atoms. The van der Waals surface area contributed by atoms with Gasteiger partial charge in [-0.2, -0.15) is 13.2 Å². The molecule has 1 aromatic carbocycles. The molecular formula is C26H28F4N4O2. The van der Waals surface area contributed by atoms with E-state index in [9.17, 15) is 27.2 Å². The first-order valence-electron chi connectivity index (χ1n) is 11.9. The average Bonchev–Trinajstić information content (AvgIpc) is 3.13. The van der Waals surface area contributed by atoms with Crippen molar-refractivity contribution in [1.29, 1.82) is 0 Å². The predicted octanol–water partition coefficient (Wildman–Crippen LogP) is 5.07. The molecule has 0 bridgehead atoms. The second-order valence-corrected chi connectivity index (χ2v) is 9.38. The van der Waals surface area contributed by atoms with Crippen LogP contribution in [0.1, 0.15) is 53.1 Å². The van der Waals surface area contributed by atoms with Gasteiger partial charge >= 0.3 is 6.18 Å². The van der Waals surface area contributed by atoms with Crippen LogP contribution in [0.3, 0.4) is 0 Å². The second kappa shape index (κ2) is 10.0. The van der Waals surface area contributed by atoms with Gasteiger partial charge in [0.1, 0.15) is 12.4 Å². The number of Topliss-reactive ketones (excluding diaryl/α,β-unsaturated/α-hetero) is 1. The minimum atomic E-state index is -4.62. The summed E-state index contributed by atoms with van der Waals surface area (Å²) in [6, 6.07) is 4.37. The van der Waals surface area contributed by atoms with E-state index in [0.29, 0.717) is 39.9 Å². The number of rotatable bonds is 6. The molecule has 3 heterocycles. The lowest BCUT2D eigenvalue weighted by molar-refractivity contribution is -0.143. The Kier molecular flexibility index (Phi) is 7.17. The zero-order valence-corrected chi connectivity index (χ0v) is 20.3. The van der Waals surface area contributed by atoms with E-state index in [0.717, 1.165) is 25.2 Å². The zero-order chi connectivity index (χ0) is 26.2. The van der Waals surface area contributed by atoms with Crippen molar-refractivity contribution in [2.24, 2.45) is 5.92 Å². The van der Waals surface area contributed by atoms with Gasteiger partial charge in [0, 0.05) is 34.8 Å². The van der Waals surface area contributed by atoms with E-state index in [1.165, 1.54) is 26.1 Å². The Morgan fingerprint density at radius 1 is 1.19 bits per heavy atom. The van der Waals surface area contributed by atoms with Crippen LogP contribution in [0, 0.1) is 18.7 Å². The summed E-state index contributed by atoms with van der Waals surface area (Å²) in [7, 11) is 0. The number of fused-ring (bicyclic) bond motifs is 1. The number of carbonyl (C=O) groups excluding carboxylic acids is 2. The van der Waals surface area contributed by atoms with Crippen molar-refractivity contribution in [3.8, 4) is 5.69 Å². The van der Waals surface area contributed by atoms with Gasteiger partial charge in [-0.1, -0.05) is 0 Å². The van der Waals surface area contributed by atoms with Gasteiger partial charge in [-0.15, -0.1) is 0 Å². The van der Waals surface area contributed by atoms with Crippen LogP contribution in [0.2, 0.25) is 0 Å². The standard InChI is InChI=1S/C26H28F4N4O2/c1-15(2)33(14-26(28,29)30)25(36)20-12-18(27)4-5-21(20)34-16(3)23(19-8-11-32-13-22(19)34)24(35)17-6-9-31-10-7-17/h4-5,8,11-13,15,17,31H,6-7,9-10,14H2,1-3H3. The quantitative estimate of drug-likeness (QED) is 0.376. The van der Waals surface area contributed by atoms with Crippen molar-refractivity contribution in [1.82, 2.24) is 19.8 Å². The lowest BCUT2D eigenvalue weighted by Gasteiger charge is -2.29. The Morgan fingerprint density at radius 2 is 1.89 bits per heavy atom. The molecular weight excluding hydrogens is 476 g/mol. The number of pyridine rings is 1. The Morgan fingerprint density at radius 3 is 2.53 bits per heavy atom. The van der Waals surface area contributed by atoms with Gasteiger partial charge < -0.3 is 14.8 Å². The third-order valence-corrected chi connectivity index (χ3v) is 6.63. The van der Waals surface area contributed by atoms with Crippen LogP contribution in [0.15, 0.2) is 36.7 Å². The minimum absolute atomic E-state index is 0.0279. The van der Waals surface area contributed by atoms with Crippen LogP contribution in [0.25, 0.3) is 16.6 Å². The maximum Gasteiger partial charge on any atom is 0.406 e. The minimum Gasteiger partial charge on any atom is -0.327 e. The van der Waals surface area contributed by atoms with Crippen LogP contribution in [0.5, 0.6) is 0 Å². The lowest BCUT2D eigenvalue weighted by atomic mass is 9.88. The molecule has 192 valence electrons. The molecule has 1 aliphatic heterocycles. The topological polar surface area (TPSA) is 67.2 Å². The molecule has 1 aliphatic rings. The van der Waals surface area contributed by atoms with E-state index in [1.54, 1.807) is 23.8 Å². The van der Waals surface area contributed by atoms with E-state index in [4.69, 9.17) is 0 Å². The molecule has 6 nitrogen and oxygen atoms in total. The monoisotopic (exact) mass is 504 g/mol. The SMILES string of the molecule is Cc1c(C(=O)C2CCNCC2)c2ccncc2n1-c1ccc(F)cc1C(=O)N(CC(F)(F)F)C(C)C. The Labute approximate surface area is 206 Å². The fraction of sp³-hybridized carbons (Fsp3) is 0.423. The van der Waals surface area contributed by atoms with E-state index in [1.807, 2.05) is 0 Å². The first-order valence-corrected chi connectivity index (χ1v) is 11.9. The zero-order valence-electron chi connectivity index (χ0n) is 20.3. The van der Waals surface area contributed by atoms with E-state index in [-0.39, 0.29) is 23.0 Å². The molecule has 0 aliphatic carbocycles. The molecule has 1 fully saturated rings. The number of hydrogen-bond acceptors (Lipinski definition) is 4. The normalized spacial score (nSPS) is 15.0. The molecule has 1 N–H and O–H groups in total. The molecule has 3 aromatic rings. The van der Waals surface area contributed by atoms with Crippen molar-refractivity contribution in [2.75, 3.05) is 19.6 Å². The summed E-state index contributed by atoms with van der Waals surface area (Å²) in [5, 5.41) is 3.87. The summed E-state index contributed by atoms with van der Waals surface area (Å²) < 4.78 is 55.8. The van der Waals surface area contributed by atoms with Crippen LogP contribution in [0.4, 0.5) is 17.6 Å². The summed E-state index contributed by atoms with van der Waals surface area (Å²) in [5.41, 5.74) is 1.48. The third-order valence-electron chi connectivity index (χ3n) is 6.63. The van der Waals surface area contributed by atoms with Crippen LogP contribution < -0.4 is 5.32 Å². The molecule has 0 radical (unpaired) electrons. The highest BCUT2D eigenvalue weighted by Crippen LogP contribution is 2.34.